The highest BCUT2D eigenvalue weighted by molar-refractivity contribution is 6.12. The van der Waals surface area contributed by atoms with Crippen LogP contribution in [-0.4, -0.2) is 4.57 Å². The second kappa shape index (κ2) is 11.0. The SMILES string of the molecule is Cc1ccc(N(c2ccc(-c3ccccc3)cc2)c2ccc3c4ccccc4n(-c4ccc5c(ccc6ccccc65)c4)c3c2)cc1. The highest BCUT2D eigenvalue weighted by atomic mass is 15.1. The smallest absolute Gasteiger partial charge is 0.0561 e. The van der Waals surface area contributed by atoms with Gasteiger partial charge in [0.05, 0.1) is 11.0 Å². The van der Waals surface area contributed by atoms with Crippen LogP contribution in [-0.2, 0) is 0 Å². The van der Waals surface area contributed by atoms with Crippen molar-refractivity contribution in [1.29, 1.82) is 0 Å². The molecule has 9 rings (SSSR count). The molecular weight excluding hydrogens is 569 g/mol. The predicted octanol–water partition coefficient (Wildman–Crippen LogP) is 12.5. The molecule has 0 aliphatic rings. The van der Waals surface area contributed by atoms with Crippen molar-refractivity contribution < 1.29 is 0 Å². The number of aryl methyl sites for hydroxylation is 1. The topological polar surface area (TPSA) is 8.17 Å². The van der Waals surface area contributed by atoms with Gasteiger partial charge in [0, 0.05) is 33.5 Å². The van der Waals surface area contributed by atoms with Gasteiger partial charge in [-0.1, -0.05) is 127 Å². The largest absolute Gasteiger partial charge is 0.310 e. The maximum atomic E-state index is 2.43. The zero-order valence-corrected chi connectivity index (χ0v) is 26.1. The molecule has 0 aliphatic carbocycles. The maximum absolute atomic E-state index is 2.43. The monoisotopic (exact) mass is 600 g/mol. The molecule has 2 heteroatoms. The van der Waals surface area contributed by atoms with Crippen LogP contribution < -0.4 is 4.90 Å². The third kappa shape index (κ3) is 4.65. The Bertz CT molecular complexity index is 2560. The molecule has 0 atom stereocenters. The molecule has 0 aliphatic heterocycles. The fourth-order valence-electron chi connectivity index (χ4n) is 7.09. The number of anilines is 3. The van der Waals surface area contributed by atoms with Crippen molar-refractivity contribution >= 4 is 60.4 Å². The molecule has 222 valence electrons. The van der Waals surface area contributed by atoms with Crippen LogP contribution in [0, 0.1) is 6.92 Å². The van der Waals surface area contributed by atoms with E-state index in [1.165, 1.54) is 60.0 Å². The van der Waals surface area contributed by atoms with Gasteiger partial charge in [-0.25, -0.2) is 0 Å². The van der Waals surface area contributed by atoms with E-state index in [-0.39, 0.29) is 0 Å². The van der Waals surface area contributed by atoms with Gasteiger partial charge in [-0.05, 0) is 94.2 Å². The van der Waals surface area contributed by atoms with Crippen molar-refractivity contribution in [2.24, 2.45) is 0 Å². The third-order valence-corrected chi connectivity index (χ3v) is 9.43. The van der Waals surface area contributed by atoms with E-state index >= 15 is 0 Å². The summed E-state index contributed by atoms with van der Waals surface area (Å²) in [5, 5.41) is 7.56. The summed E-state index contributed by atoms with van der Waals surface area (Å²) in [7, 11) is 0. The van der Waals surface area contributed by atoms with Crippen molar-refractivity contribution in [3.63, 3.8) is 0 Å². The molecule has 0 fully saturated rings. The van der Waals surface area contributed by atoms with Crippen molar-refractivity contribution in [3.8, 4) is 16.8 Å². The summed E-state index contributed by atoms with van der Waals surface area (Å²) in [6.07, 6.45) is 0. The third-order valence-electron chi connectivity index (χ3n) is 9.43. The van der Waals surface area contributed by atoms with Gasteiger partial charge in [0.2, 0.25) is 0 Å². The Labute approximate surface area is 274 Å². The summed E-state index contributed by atoms with van der Waals surface area (Å²) in [6.45, 7) is 2.14. The van der Waals surface area contributed by atoms with Gasteiger partial charge in [0.25, 0.3) is 0 Å². The minimum absolute atomic E-state index is 1.12. The molecule has 9 aromatic rings. The normalized spacial score (nSPS) is 11.5. The summed E-state index contributed by atoms with van der Waals surface area (Å²) in [5.41, 5.74) is 10.6. The summed E-state index contributed by atoms with van der Waals surface area (Å²) in [6, 6.07) is 63.9. The van der Waals surface area contributed by atoms with Gasteiger partial charge < -0.3 is 9.47 Å². The Kier molecular flexibility index (Phi) is 6.39. The standard InChI is InChI=1S/C45H32N2/c1-31-15-21-36(22-16-31)46(37-23-19-33(20-24-37)32-9-3-2-4-10-32)39-26-28-43-42-13-7-8-14-44(42)47(45(43)30-39)38-25-27-41-35(29-38)18-17-34-11-5-6-12-40(34)41/h2-30H,1H3. The Hall–Kier alpha value is -6.12. The van der Waals surface area contributed by atoms with Crippen molar-refractivity contribution in [2.45, 2.75) is 6.92 Å². The van der Waals surface area contributed by atoms with Crippen LogP contribution in [0.5, 0.6) is 0 Å². The summed E-state index contributed by atoms with van der Waals surface area (Å²) < 4.78 is 2.43. The van der Waals surface area contributed by atoms with E-state index in [1.54, 1.807) is 0 Å². The lowest BCUT2D eigenvalue weighted by Gasteiger charge is -2.26. The van der Waals surface area contributed by atoms with Crippen LogP contribution in [0.2, 0.25) is 0 Å². The molecule has 0 N–H and O–H groups in total. The lowest BCUT2D eigenvalue weighted by atomic mass is 10.0. The van der Waals surface area contributed by atoms with Crippen molar-refractivity contribution in [2.75, 3.05) is 4.90 Å². The van der Waals surface area contributed by atoms with E-state index < -0.39 is 0 Å². The van der Waals surface area contributed by atoms with Crippen molar-refractivity contribution in [3.05, 3.63) is 181 Å². The molecule has 0 unspecified atom stereocenters. The summed E-state index contributed by atoms with van der Waals surface area (Å²) in [4.78, 5) is 2.36. The molecule has 0 saturated carbocycles. The first kappa shape index (κ1) is 27.2. The molecule has 0 bridgehead atoms. The van der Waals surface area contributed by atoms with E-state index in [9.17, 15) is 0 Å². The number of para-hydroxylation sites is 1. The number of hydrogen-bond donors (Lipinski definition) is 0. The number of fused-ring (bicyclic) bond motifs is 6. The Morgan fingerprint density at radius 1 is 0.383 bits per heavy atom. The van der Waals surface area contributed by atoms with Gasteiger partial charge in [0.1, 0.15) is 0 Å². The number of rotatable bonds is 5. The summed E-state index contributed by atoms with van der Waals surface area (Å²) >= 11 is 0. The van der Waals surface area contributed by atoms with Crippen LogP contribution >= 0.6 is 0 Å². The molecule has 8 aromatic carbocycles. The second-order valence-electron chi connectivity index (χ2n) is 12.3. The molecule has 1 aromatic heterocycles. The number of aromatic nitrogens is 1. The molecular formula is C45H32N2. The van der Waals surface area contributed by atoms with Crippen LogP contribution in [0.25, 0.3) is 60.2 Å². The maximum Gasteiger partial charge on any atom is 0.0561 e. The fraction of sp³-hybridized carbons (Fsp3) is 0.0222. The zero-order chi connectivity index (χ0) is 31.3. The highest BCUT2D eigenvalue weighted by Gasteiger charge is 2.18. The molecule has 47 heavy (non-hydrogen) atoms. The average Bonchev–Trinajstić information content (AvgIpc) is 3.46. The van der Waals surface area contributed by atoms with E-state index in [0.29, 0.717) is 0 Å². The molecule has 2 nitrogen and oxygen atoms in total. The van der Waals surface area contributed by atoms with Gasteiger partial charge in [0.15, 0.2) is 0 Å². The minimum Gasteiger partial charge on any atom is -0.310 e. The number of benzene rings is 8. The minimum atomic E-state index is 1.12. The Morgan fingerprint density at radius 2 is 0.957 bits per heavy atom. The average molecular weight is 601 g/mol. The van der Waals surface area contributed by atoms with E-state index in [1.807, 2.05) is 0 Å². The molecule has 0 spiro atoms. The first-order chi connectivity index (χ1) is 23.2. The second-order valence-corrected chi connectivity index (χ2v) is 12.3. The quantitative estimate of drug-likeness (QED) is 0.178. The van der Waals surface area contributed by atoms with Crippen LogP contribution in [0.15, 0.2) is 176 Å². The Balaban J connectivity index is 1.24. The van der Waals surface area contributed by atoms with Gasteiger partial charge in [-0.15, -0.1) is 0 Å². The zero-order valence-electron chi connectivity index (χ0n) is 26.1. The first-order valence-electron chi connectivity index (χ1n) is 16.2. The molecule has 1 heterocycles. The lowest BCUT2D eigenvalue weighted by Crippen LogP contribution is -2.10. The highest BCUT2D eigenvalue weighted by Crippen LogP contribution is 2.40. The van der Waals surface area contributed by atoms with E-state index in [4.69, 9.17) is 0 Å². The number of nitrogens with zero attached hydrogens (tertiary/aromatic N) is 2. The molecule has 0 amide bonds. The van der Waals surface area contributed by atoms with Crippen LogP contribution in [0.3, 0.4) is 0 Å². The fourth-order valence-corrected chi connectivity index (χ4v) is 7.09. The molecule has 0 saturated heterocycles. The van der Waals surface area contributed by atoms with Crippen molar-refractivity contribution in [1.82, 2.24) is 4.57 Å². The lowest BCUT2D eigenvalue weighted by molar-refractivity contribution is 1.18. The van der Waals surface area contributed by atoms with E-state index in [0.717, 1.165) is 22.7 Å². The van der Waals surface area contributed by atoms with Gasteiger partial charge in [-0.3, -0.25) is 0 Å². The van der Waals surface area contributed by atoms with Gasteiger partial charge in [-0.2, -0.15) is 0 Å². The Morgan fingerprint density at radius 3 is 1.77 bits per heavy atom. The van der Waals surface area contributed by atoms with Crippen LogP contribution in [0.4, 0.5) is 17.1 Å². The number of hydrogen-bond acceptors (Lipinski definition) is 1. The molecule has 0 radical (unpaired) electrons. The predicted molar refractivity (Wildman–Crippen MR) is 201 cm³/mol. The summed E-state index contributed by atoms with van der Waals surface area (Å²) in [5.74, 6) is 0. The van der Waals surface area contributed by atoms with E-state index in [2.05, 4.69) is 192 Å². The first-order valence-corrected chi connectivity index (χ1v) is 16.2. The van der Waals surface area contributed by atoms with Gasteiger partial charge >= 0.3 is 0 Å². The van der Waals surface area contributed by atoms with Crippen LogP contribution in [0.1, 0.15) is 5.56 Å².